The van der Waals surface area contributed by atoms with E-state index in [9.17, 15) is 15.8 Å². The first-order valence-electron chi connectivity index (χ1n) is 14.5. The molecule has 0 bridgehead atoms. The van der Waals surface area contributed by atoms with Gasteiger partial charge in [-0.15, -0.1) is 0 Å². The highest BCUT2D eigenvalue weighted by atomic mass is 14.3. The average molecular weight is 580 g/mol. The van der Waals surface area contributed by atoms with E-state index >= 15 is 0 Å². The summed E-state index contributed by atoms with van der Waals surface area (Å²) in [5, 5.41) is 28.3. The zero-order valence-electron chi connectivity index (χ0n) is 25.9. The molecular weight excluding hydrogens is 546 g/mol. The lowest BCUT2D eigenvalue weighted by Crippen LogP contribution is -1.90. The van der Waals surface area contributed by atoms with E-state index in [1.165, 1.54) is 0 Å². The molecule has 0 N–H and O–H groups in total. The highest BCUT2D eigenvalue weighted by Crippen LogP contribution is 2.35. The van der Waals surface area contributed by atoms with Gasteiger partial charge in [-0.2, -0.15) is 15.8 Å². The smallest absolute Gasteiger partial charge is 0.0994 e. The van der Waals surface area contributed by atoms with E-state index in [-0.39, 0.29) is 0 Å². The van der Waals surface area contributed by atoms with Gasteiger partial charge in [-0.25, -0.2) is 0 Å². The first-order chi connectivity index (χ1) is 21.8. The summed E-state index contributed by atoms with van der Waals surface area (Å²) in [6.45, 7) is 17.8. The Kier molecular flexibility index (Phi) is 10.1. The van der Waals surface area contributed by atoms with E-state index in [0.717, 1.165) is 50.1 Å². The van der Waals surface area contributed by atoms with Crippen LogP contribution in [0.25, 0.3) is 50.1 Å². The molecule has 0 saturated heterocycles. The Balaban J connectivity index is 1.80. The summed E-state index contributed by atoms with van der Waals surface area (Å²) in [7, 11) is 0. The first kappa shape index (κ1) is 31.7. The Labute approximate surface area is 266 Å². The minimum Gasteiger partial charge on any atom is -0.192 e. The SMILES string of the molecule is C=C(/C(C#N)=C\C)c1ccc(-c2cc(-c3ccc(C(=C)/C(C#N)=C\C)cc3)cc(-c3ccc(C(=C)/C(C#N)=C\C)cc3)c2)cc1. The number of nitriles is 3. The molecule has 0 spiro atoms. The first-order valence-corrected chi connectivity index (χ1v) is 14.5. The van der Waals surface area contributed by atoms with Crippen molar-refractivity contribution >= 4 is 16.7 Å². The van der Waals surface area contributed by atoms with Gasteiger partial charge in [0.2, 0.25) is 0 Å². The third kappa shape index (κ3) is 6.89. The molecule has 3 heteroatoms. The molecule has 0 atom stereocenters. The van der Waals surface area contributed by atoms with Gasteiger partial charge in [0.15, 0.2) is 0 Å². The minimum atomic E-state index is 0.553. The molecule has 0 unspecified atom stereocenters. The highest BCUT2D eigenvalue weighted by Gasteiger charge is 2.12. The van der Waals surface area contributed by atoms with Crippen molar-refractivity contribution in [1.82, 2.24) is 0 Å². The van der Waals surface area contributed by atoms with E-state index in [0.29, 0.717) is 33.4 Å². The van der Waals surface area contributed by atoms with Crippen LogP contribution in [-0.2, 0) is 0 Å². The number of rotatable bonds is 9. The van der Waals surface area contributed by atoms with Crippen molar-refractivity contribution in [2.24, 2.45) is 0 Å². The van der Waals surface area contributed by atoms with Crippen LogP contribution in [0.3, 0.4) is 0 Å². The summed E-state index contributed by atoms with van der Waals surface area (Å²) in [6, 6.07) is 37.4. The van der Waals surface area contributed by atoms with Gasteiger partial charge in [-0.05, 0) is 106 Å². The lowest BCUT2D eigenvalue weighted by atomic mass is 9.90. The van der Waals surface area contributed by atoms with Crippen LogP contribution in [0.15, 0.2) is 146 Å². The fourth-order valence-corrected chi connectivity index (χ4v) is 5.10. The van der Waals surface area contributed by atoms with Crippen molar-refractivity contribution in [1.29, 1.82) is 15.8 Å². The summed E-state index contributed by atoms with van der Waals surface area (Å²) in [6.07, 6.45) is 5.31. The standard InChI is InChI=1S/C42H33N3/c1-7-31(25-43)28(4)34-10-16-37(17-11-34)40-22-41(38-18-12-35(13-19-38)29(5)32(8-2)26-44)24-42(23-40)39-20-14-36(15-21-39)30(6)33(9-3)27-45/h7-24H,4-6H2,1-3H3/b31-7-,32-8-,33-9-. The number of hydrogen-bond acceptors (Lipinski definition) is 3. The third-order valence-corrected chi connectivity index (χ3v) is 7.84. The maximum absolute atomic E-state index is 9.44. The van der Waals surface area contributed by atoms with Gasteiger partial charge in [0.25, 0.3) is 0 Å². The number of allylic oxidation sites excluding steroid dienone is 9. The number of benzene rings is 4. The molecule has 4 rings (SSSR count). The van der Waals surface area contributed by atoms with Gasteiger partial charge in [-0.3, -0.25) is 0 Å². The topological polar surface area (TPSA) is 71.4 Å². The molecule has 0 amide bonds. The zero-order valence-corrected chi connectivity index (χ0v) is 25.9. The lowest BCUT2D eigenvalue weighted by molar-refractivity contribution is 1.47. The van der Waals surface area contributed by atoms with Crippen LogP contribution in [0.1, 0.15) is 37.5 Å². The maximum Gasteiger partial charge on any atom is 0.0994 e. The van der Waals surface area contributed by atoms with E-state index in [4.69, 9.17) is 0 Å². The van der Waals surface area contributed by atoms with Gasteiger partial charge >= 0.3 is 0 Å². The van der Waals surface area contributed by atoms with Gasteiger partial charge in [0, 0.05) is 0 Å². The molecule has 0 aliphatic carbocycles. The van der Waals surface area contributed by atoms with Crippen LogP contribution in [0, 0.1) is 34.0 Å². The fourth-order valence-electron chi connectivity index (χ4n) is 5.10. The van der Waals surface area contributed by atoms with E-state index in [1.54, 1.807) is 18.2 Å². The Morgan fingerprint density at radius 1 is 0.422 bits per heavy atom. The molecule has 0 radical (unpaired) electrons. The van der Waals surface area contributed by atoms with Crippen LogP contribution in [0.5, 0.6) is 0 Å². The second-order valence-corrected chi connectivity index (χ2v) is 10.4. The van der Waals surface area contributed by atoms with Crippen molar-refractivity contribution < 1.29 is 0 Å². The fraction of sp³-hybridized carbons (Fsp3) is 0.0714. The highest BCUT2D eigenvalue weighted by molar-refractivity contribution is 5.87. The summed E-state index contributed by atoms with van der Waals surface area (Å²) in [4.78, 5) is 0. The van der Waals surface area contributed by atoms with Gasteiger partial charge in [0.05, 0.1) is 34.9 Å². The molecule has 45 heavy (non-hydrogen) atoms. The summed E-state index contributed by atoms with van der Waals surface area (Å²) in [5.41, 5.74) is 12.6. The van der Waals surface area contributed by atoms with Crippen LogP contribution in [-0.4, -0.2) is 0 Å². The largest absolute Gasteiger partial charge is 0.192 e. The van der Waals surface area contributed by atoms with Crippen molar-refractivity contribution in [3.63, 3.8) is 0 Å². The minimum absolute atomic E-state index is 0.553. The number of nitrogens with zero attached hydrogens (tertiary/aromatic N) is 3. The maximum atomic E-state index is 9.44. The van der Waals surface area contributed by atoms with Crippen LogP contribution >= 0.6 is 0 Å². The average Bonchev–Trinajstić information content (AvgIpc) is 3.09. The predicted molar refractivity (Wildman–Crippen MR) is 188 cm³/mol. The van der Waals surface area contributed by atoms with E-state index < -0.39 is 0 Å². The molecule has 3 nitrogen and oxygen atoms in total. The molecule has 0 heterocycles. The number of hydrogen-bond donors (Lipinski definition) is 0. The third-order valence-electron chi connectivity index (χ3n) is 7.84. The molecule has 0 aromatic heterocycles. The molecule has 216 valence electrons. The normalized spacial score (nSPS) is 11.6. The molecule has 0 fully saturated rings. The van der Waals surface area contributed by atoms with Crippen molar-refractivity contribution in [3.8, 4) is 51.6 Å². The summed E-state index contributed by atoms with van der Waals surface area (Å²) in [5.74, 6) is 0. The molecule has 4 aromatic carbocycles. The Bertz CT molecular complexity index is 1760. The molecule has 0 saturated carbocycles. The second-order valence-electron chi connectivity index (χ2n) is 10.4. The Hall–Kier alpha value is -6.21. The van der Waals surface area contributed by atoms with Gasteiger partial charge < -0.3 is 0 Å². The second kappa shape index (κ2) is 14.3. The zero-order chi connectivity index (χ0) is 32.5. The van der Waals surface area contributed by atoms with Gasteiger partial charge in [0.1, 0.15) is 0 Å². The lowest BCUT2D eigenvalue weighted by Gasteiger charge is -2.13. The van der Waals surface area contributed by atoms with E-state index in [2.05, 4.69) is 92.5 Å². The molecule has 0 aliphatic rings. The van der Waals surface area contributed by atoms with Crippen LogP contribution in [0.4, 0.5) is 0 Å². The van der Waals surface area contributed by atoms with Gasteiger partial charge in [-0.1, -0.05) is 111 Å². The monoisotopic (exact) mass is 579 g/mol. The summed E-state index contributed by atoms with van der Waals surface area (Å²) >= 11 is 0. The van der Waals surface area contributed by atoms with E-state index in [1.807, 2.05) is 57.2 Å². The molecular formula is C42H33N3. The summed E-state index contributed by atoms with van der Waals surface area (Å²) < 4.78 is 0. The van der Waals surface area contributed by atoms with Crippen molar-refractivity contribution in [2.45, 2.75) is 20.8 Å². The molecule has 0 aliphatic heterocycles. The quantitative estimate of drug-likeness (QED) is 0.146. The predicted octanol–water partition coefficient (Wildman–Crippen LogP) is 11.1. The van der Waals surface area contributed by atoms with Crippen LogP contribution in [0.2, 0.25) is 0 Å². The Morgan fingerprint density at radius 2 is 0.644 bits per heavy atom. The van der Waals surface area contributed by atoms with Crippen molar-refractivity contribution in [2.75, 3.05) is 0 Å². The molecule has 4 aromatic rings. The van der Waals surface area contributed by atoms with Crippen LogP contribution < -0.4 is 0 Å². The van der Waals surface area contributed by atoms with Crippen molar-refractivity contribution in [3.05, 3.63) is 162 Å². The Morgan fingerprint density at radius 3 is 0.822 bits per heavy atom.